The van der Waals surface area contributed by atoms with Crippen LogP contribution in [-0.2, 0) is 20.7 Å². The molecule has 2 rings (SSSR count). The van der Waals surface area contributed by atoms with Gasteiger partial charge in [0, 0.05) is 13.0 Å². The van der Waals surface area contributed by atoms with Gasteiger partial charge >= 0.3 is 12.0 Å². The average molecular weight is 384 g/mol. The smallest absolute Gasteiger partial charge is 0.344 e. The van der Waals surface area contributed by atoms with Gasteiger partial charge < -0.3 is 14.8 Å². The molecule has 0 saturated heterocycles. The van der Waals surface area contributed by atoms with Crippen LogP contribution in [0.1, 0.15) is 25.0 Å². The Bertz CT molecular complexity index is 807. The van der Waals surface area contributed by atoms with Crippen molar-refractivity contribution in [3.8, 4) is 5.75 Å². The third-order valence-corrected chi connectivity index (χ3v) is 3.81. The van der Waals surface area contributed by atoms with Crippen LogP contribution in [0.2, 0.25) is 0 Å². The van der Waals surface area contributed by atoms with Gasteiger partial charge in [0.05, 0.1) is 0 Å². The predicted molar refractivity (Wildman–Crippen MR) is 104 cm³/mol. The van der Waals surface area contributed by atoms with Crippen molar-refractivity contribution in [3.63, 3.8) is 0 Å². The molecular weight excluding hydrogens is 360 g/mol. The minimum atomic E-state index is -1.11. The summed E-state index contributed by atoms with van der Waals surface area (Å²) >= 11 is 0. The van der Waals surface area contributed by atoms with E-state index in [1.54, 1.807) is 13.0 Å². The molecule has 2 N–H and O–H groups in total. The van der Waals surface area contributed by atoms with E-state index in [1.807, 2.05) is 48.5 Å². The molecule has 28 heavy (non-hydrogen) atoms. The fourth-order valence-electron chi connectivity index (χ4n) is 2.45. The minimum Gasteiger partial charge on any atom is -0.482 e. The number of ether oxygens (including phenoxy) is 2. The Kier molecular flexibility index (Phi) is 8.02. The number of rotatable bonds is 8. The third-order valence-electron chi connectivity index (χ3n) is 3.81. The number of carbonyl (C=O) groups excluding carboxylic acids is 3. The largest absolute Gasteiger partial charge is 0.482 e. The van der Waals surface area contributed by atoms with Crippen LogP contribution in [0, 0.1) is 0 Å². The lowest BCUT2D eigenvalue weighted by atomic mass is 10.0. The normalized spacial score (nSPS) is 11.2. The van der Waals surface area contributed by atoms with Crippen LogP contribution in [0.3, 0.4) is 0 Å². The van der Waals surface area contributed by atoms with E-state index in [-0.39, 0.29) is 6.61 Å². The van der Waals surface area contributed by atoms with E-state index < -0.39 is 24.0 Å². The molecule has 7 heteroatoms. The number of hydrogen-bond acceptors (Lipinski definition) is 5. The Hall–Kier alpha value is -3.35. The Morgan fingerprint density at radius 1 is 1.00 bits per heavy atom. The summed E-state index contributed by atoms with van der Waals surface area (Å²) in [6.45, 7) is 3.14. The third kappa shape index (κ3) is 6.75. The molecule has 0 radical (unpaired) electrons. The van der Waals surface area contributed by atoms with Crippen LogP contribution in [0.15, 0.2) is 54.6 Å². The van der Waals surface area contributed by atoms with Gasteiger partial charge in [-0.15, -0.1) is 0 Å². The van der Waals surface area contributed by atoms with Crippen molar-refractivity contribution >= 4 is 17.9 Å². The lowest BCUT2D eigenvalue weighted by Crippen LogP contribution is -2.44. The van der Waals surface area contributed by atoms with Gasteiger partial charge in [0.25, 0.3) is 5.91 Å². The highest BCUT2D eigenvalue weighted by molar-refractivity contribution is 5.97. The molecule has 2 aromatic carbocycles. The van der Waals surface area contributed by atoms with Crippen LogP contribution in [0.4, 0.5) is 4.79 Å². The van der Waals surface area contributed by atoms with Gasteiger partial charge in [-0.1, -0.05) is 48.5 Å². The number of carbonyl (C=O) groups is 3. The summed E-state index contributed by atoms with van der Waals surface area (Å²) in [5, 5.41) is 4.51. The maximum absolute atomic E-state index is 12.0. The van der Waals surface area contributed by atoms with Crippen LogP contribution in [-0.4, -0.2) is 37.2 Å². The molecule has 7 nitrogen and oxygen atoms in total. The predicted octanol–water partition coefficient (Wildman–Crippen LogP) is 2.43. The molecule has 0 aliphatic heterocycles. The van der Waals surface area contributed by atoms with E-state index in [0.717, 1.165) is 11.1 Å². The van der Waals surface area contributed by atoms with Crippen molar-refractivity contribution in [1.82, 2.24) is 10.6 Å². The van der Waals surface area contributed by atoms with Gasteiger partial charge in [0.2, 0.25) is 0 Å². The summed E-state index contributed by atoms with van der Waals surface area (Å²) in [5.41, 5.74) is 2.06. The van der Waals surface area contributed by atoms with Gasteiger partial charge in [0.1, 0.15) is 5.75 Å². The van der Waals surface area contributed by atoms with Crippen molar-refractivity contribution in [3.05, 3.63) is 65.7 Å². The summed E-state index contributed by atoms with van der Waals surface area (Å²) < 4.78 is 10.6. The Morgan fingerprint density at radius 3 is 2.39 bits per heavy atom. The highest BCUT2D eigenvalue weighted by Gasteiger charge is 2.20. The molecule has 0 fully saturated rings. The molecule has 0 aromatic heterocycles. The van der Waals surface area contributed by atoms with E-state index in [9.17, 15) is 14.4 Å². The number of nitrogens with one attached hydrogen (secondary N) is 2. The van der Waals surface area contributed by atoms with Crippen molar-refractivity contribution in [2.24, 2.45) is 0 Å². The molecule has 1 atom stereocenters. The molecule has 0 bridgehead atoms. The second-order valence-electron chi connectivity index (χ2n) is 6.04. The lowest BCUT2D eigenvalue weighted by Gasteiger charge is -2.14. The second-order valence-corrected chi connectivity index (χ2v) is 6.04. The number of imide groups is 1. The summed E-state index contributed by atoms with van der Waals surface area (Å²) in [4.78, 5) is 35.1. The van der Waals surface area contributed by atoms with E-state index in [4.69, 9.17) is 9.47 Å². The van der Waals surface area contributed by atoms with E-state index in [1.165, 1.54) is 6.92 Å². The number of benzene rings is 2. The summed E-state index contributed by atoms with van der Waals surface area (Å²) in [6, 6.07) is 16.7. The van der Waals surface area contributed by atoms with Crippen LogP contribution < -0.4 is 15.4 Å². The van der Waals surface area contributed by atoms with Gasteiger partial charge in [-0.2, -0.15) is 0 Å². The summed E-state index contributed by atoms with van der Waals surface area (Å²) in [6.07, 6.45) is -0.449. The zero-order valence-corrected chi connectivity index (χ0v) is 15.9. The highest BCUT2D eigenvalue weighted by Crippen LogP contribution is 2.21. The molecule has 0 saturated carbocycles. The molecular formula is C21H24N2O5. The molecule has 0 aliphatic carbocycles. The summed E-state index contributed by atoms with van der Waals surface area (Å²) in [5.74, 6) is -0.834. The molecule has 2 aromatic rings. The Morgan fingerprint density at radius 2 is 1.68 bits per heavy atom. The van der Waals surface area contributed by atoms with E-state index in [2.05, 4.69) is 10.6 Å². The lowest BCUT2D eigenvalue weighted by molar-refractivity contribution is -0.156. The number of urea groups is 1. The Labute approximate surface area is 164 Å². The molecule has 0 spiro atoms. The van der Waals surface area contributed by atoms with E-state index in [0.29, 0.717) is 18.7 Å². The molecule has 3 amide bonds. The molecule has 1 unspecified atom stereocenters. The zero-order chi connectivity index (χ0) is 20.4. The van der Waals surface area contributed by atoms with Crippen molar-refractivity contribution in [1.29, 1.82) is 0 Å². The maximum atomic E-state index is 12.0. The average Bonchev–Trinajstić information content (AvgIpc) is 2.68. The first-order chi connectivity index (χ1) is 13.5. The van der Waals surface area contributed by atoms with Crippen molar-refractivity contribution in [2.75, 3.05) is 13.2 Å². The Balaban J connectivity index is 1.87. The van der Waals surface area contributed by atoms with Crippen LogP contribution in [0.5, 0.6) is 5.75 Å². The molecule has 0 heterocycles. The minimum absolute atomic E-state index is 0.343. The number of hydrogen-bond donors (Lipinski definition) is 2. The monoisotopic (exact) mass is 384 g/mol. The first kappa shape index (κ1) is 21.0. The van der Waals surface area contributed by atoms with Crippen LogP contribution in [0.25, 0.3) is 0 Å². The van der Waals surface area contributed by atoms with Gasteiger partial charge in [-0.3, -0.25) is 10.1 Å². The first-order valence-corrected chi connectivity index (χ1v) is 9.02. The molecule has 0 aliphatic rings. The SMILES string of the molecule is CCNC(=O)NC(=O)C(C)OC(=O)COc1ccccc1Cc1ccccc1. The summed E-state index contributed by atoms with van der Waals surface area (Å²) in [7, 11) is 0. The fraction of sp³-hybridized carbons (Fsp3) is 0.286. The van der Waals surface area contributed by atoms with Crippen LogP contribution >= 0.6 is 0 Å². The number of amides is 3. The van der Waals surface area contributed by atoms with Gasteiger partial charge in [0.15, 0.2) is 12.7 Å². The quantitative estimate of drug-likeness (QED) is 0.682. The topological polar surface area (TPSA) is 93.7 Å². The first-order valence-electron chi connectivity index (χ1n) is 9.02. The highest BCUT2D eigenvalue weighted by atomic mass is 16.6. The van der Waals surface area contributed by atoms with Gasteiger partial charge in [-0.05, 0) is 31.0 Å². The van der Waals surface area contributed by atoms with Gasteiger partial charge in [-0.25, -0.2) is 9.59 Å². The van der Waals surface area contributed by atoms with E-state index >= 15 is 0 Å². The molecule has 148 valence electrons. The fourth-order valence-corrected chi connectivity index (χ4v) is 2.45. The zero-order valence-electron chi connectivity index (χ0n) is 15.9. The maximum Gasteiger partial charge on any atom is 0.344 e. The van der Waals surface area contributed by atoms with Crippen molar-refractivity contribution < 1.29 is 23.9 Å². The second kappa shape index (κ2) is 10.7. The number of esters is 1. The number of para-hydroxylation sites is 1. The standard InChI is InChI=1S/C21H24N2O5/c1-3-22-21(26)23-20(25)15(2)28-19(24)14-27-18-12-8-7-11-17(18)13-16-9-5-4-6-10-16/h4-12,15H,3,13-14H2,1-2H3,(H2,22,23,25,26). The van der Waals surface area contributed by atoms with Crippen molar-refractivity contribution in [2.45, 2.75) is 26.4 Å².